The van der Waals surface area contributed by atoms with Crippen molar-refractivity contribution in [1.29, 1.82) is 0 Å². The van der Waals surface area contributed by atoms with Crippen molar-refractivity contribution in [3.63, 3.8) is 0 Å². The largest absolute Gasteiger partial charge is 0.453 e. The Morgan fingerprint density at radius 2 is 1.88 bits per heavy atom. The van der Waals surface area contributed by atoms with Gasteiger partial charge in [-0.15, -0.1) is 0 Å². The molecule has 3 nitrogen and oxygen atoms in total. The first-order valence-electron chi connectivity index (χ1n) is 6.45. The number of carbonyl (C=O) groups is 1. The molecule has 1 aliphatic carbocycles. The van der Waals surface area contributed by atoms with Crippen LogP contribution in [-0.2, 0) is 14.3 Å². The molecule has 94 valence electrons. The highest BCUT2D eigenvalue weighted by molar-refractivity contribution is 5.84. The number of allylic oxidation sites excluding steroid dienone is 1. The van der Waals surface area contributed by atoms with Crippen molar-refractivity contribution in [2.24, 2.45) is 5.41 Å². The number of rotatable bonds is 0. The highest BCUT2D eigenvalue weighted by Gasteiger charge is 2.62. The summed E-state index contributed by atoms with van der Waals surface area (Å²) in [6, 6.07) is 0. The third kappa shape index (κ3) is 1.55. The summed E-state index contributed by atoms with van der Waals surface area (Å²) in [6.07, 6.45) is 5.59. The zero-order valence-electron chi connectivity index (χ0n) is 10.8. The van der Waals surface area contributed by atoms with Gasteiger partial charge in [0.05, 0.1) is 6.61 Å². The van der Waals surface area contributed by atoms with Gasteiger partial charge in [0.15, 0.2) is 0 Å². The lowest BCUT2D eigenvalue weighted by molar-refractivity contribution is -0.160. The van der Waals surface area contributed by atoms with E-state index in [1.807, 2.05) is 6.92 Å². The molecule has 3 rings (SSSR count). The molecule has 2 unspecified atom stereocenters. The average molecular weight is 236 g/mol. The molecule has 2 fully saturated rings. The quantitative estimate of drug-likeness (QED) is 0.479. The zero-order valence-corrected chi connectivity index (χ0v) is 10.8. The third-order valence-electron chi connectivity index (χ3n) is 4.97. The lowest BCUT2D eigenvalue weighted by Gasteiger charge is -2.39. The summed E-state index contributed by atoms with van der Waals surface area (Å²) in [6.45, 7) is 7.21. The number of hydrogen-bond acceptors (Lipinski definition) is 3. The summed E-state index contributed by atoms with van der Waals surface area (Å²) >= 11 is 0. The Balaban J connectivity index is 2.05. The van der Waals surface area contributed by atoms with E-state index in [2.05, 4.69) is 13.8 Å². The van der Waals surface area contributed by atoms with Gasteiger partial charge in [-0.3, -0.25) is 0 Å². The van der Waals surface area contributed by atoms with E-state index in [9.17, 15) is 4.79 Å². The normalized spacial score (nSPS) is 43.5. The fraction of sp³-hybridized carbons (Fsp3) is 0.786. The number of epoxide rings is 1. The van der Waals surface area contributed by atoms with Gasteiger partial charge >= 0.3 is 5.97 Å². The molecule has 1 saturated carbocycles. The van der Waals surface area contributed by atoms with Crippen LogP contribution in [0.2, 0.25) is 0 Å². The molecule has 0 aromatic carbocycles. The Morgan fingerprint density at radius 1 is 1.18 bits per heavy atom. The van der Waals surface area contributed by atoms with Crippen LogP contribution < -0.4 is 0 Å². The van der Waals surface area contributed by atoms with E-state index in [0.29, 0.717) is 0 Å². The maximum atomic E-state index is 11.9. The van der Waals surface area contributed by atoms with E-state index in [1.165, 1.54) is 5.57 Å². The Morgan fingerprint density at radius 3 is 2.53 bits per heavy atom. The minimum Gasteiger partial charge on any atom is -0.453 e. The van der Waals surface area contributed by atoms with E-state index < -0.39 is 5.60 Å². The fourth-order valence-corrected chi connectivity index (χ4v) is 3.22. The van der Waals surface area contributed by atoms with Crippen molar-refractivity contribution in [2.45, 2.75) is 57.7 Å². The van der Waals surface area contributed by atoms with Gasteiger partial charge in [0.2, 0.25) is 0 Å². The SMILES string of the molecule is CC1(C)CCC2(CO2)C2(C)CCC1=CC(=O)O2. The minimum absolute atomic E-state index is 0.0869. The molecule has 0 aromatic heterocycles. The van der Waals surface area contributed by atoms with Crippen molar-refractivity contribution in [2.75, 3.05) is 6.61 Å². The summed E-state index contributed by atoms with van der Waals surface area (Å²) in [5.41, 5.74) is 0.688. The van der Waals surface area contributed by atoms with E-state index in [4.69, 9.17) is 9.47 Å². The van der Waals surface area contributed by atoms with E-state index in [-0.39, 0.29) is 17.0 Å². The Kier molecular flexibility index (Phi) is 2.08. The van der Waals surface area contributed by atoms with Crippen molar-refractivity contribution >= 4 is 5.97 Å². The van der Waals surface area contributed by atoms with Gasteiger partial charge in [-0.05, 0) is 38.0 Å². The lowest BCUT2D eigenvalue weighted by Crippen LogP contribution is -2.47. The van der Waals surface area contributed by atoms with E-state index >= 15 is 0 Å². The van der Waals surface area contributed by atoms with Crippen LogP contribution in [0.4, 0.5) is 0 Å². The first-order valence-corrected chi connectivity index (χ1v) is 6.45. The number of fused-ring (bicyclic) bond motifs is 4. The Labute approximate surface area is 102 Å². The minimum atomic E-state index is -0.432. The molecule has 1 spiro atoms. The summed E-state index contributed by atoms with van der Waals surface area (Å²) in [5.74, 6) is -0.190. The van der Waals surface area contributed by atoms with Crippen LogP contribution in [0.1, 0.15) is 46.5 Å². The van der Waals surface area contributed by atoms with Gasteiger partial charge in [0, 0.05) is 6.08 Å². The molecule has 2 bridgehead atoms. The average Bonchev–Trinajstić information content (AvgIpc) is 3.01. The molecule has 2 heterocycles. The summed E-state index contributed by atoms with van der Waals surface area (Å²) in [4.78, 5) is 11.9. The second-order valence-corrected chi connectivity index (χ2v) is 6.49. The number of esters is 1. The van der Waals surface area contributed by atoms with Crippen LogP contribution in [0, 0.1) is 5.41 Å². The molecule has 0 radical (unpaired) electrons. The van der Waals surface area contributed by atoms with Crippen molar-refractivity contribution in [3.05, 3.63) is 11.6 Å². The van der Waals surface area contributed by atoms with Gasteiger partial charge in [0.1, 0.15) is 11.2 Å². The van der Waals surface area contributed by atoms with Crippen molar-refractivity contribution in [3.8, 4) is 0 Å². The lowest BCUT2D eigenvalue weighted by atomic mass is 9.69. The first kappa shape index (κ1) is 11.3. The molecule has 3 aliphatic rings. The van der Waals surface area contributed by atoms with Gasteiger partial charge in [-0.1, -0.05) is 19.4 Å². The van der Waals surface area contributed by atoms with Crippen LogP contribution in [0.15, 0.2) is 11.6 Å². The van der Waals surface area contributed by atoms with Gasteiger partial charge < -0.3 is 9.47 Å². The van der Waals surface area contributed by atoms with Gasteiger partial charge in [-0.25, -0.2) is 4.79 Å². The van der Waals surface area contributed by atoms with Crippen molar-refractivity contribution < 1.29 is 14.3 Å². The zero-order chi connectivity index (χ0) is 12.3. The molecule has 17 heavy (non-hydrogen) atoms. The molecule has 0 aromatic rings. The van der Waals surface area contributed by atoms with Crippen LogP contribution in [0.3, 0.4) is 0 Å². The highest BCUT2D eigenvalue weighted by atomic mass is 16.6. The van der Waals surface area contributed by atoms with Crippen LogP contribution in [0.25, 0.3) is 0 Å². The molecular formula is C14H20O3. The monoisotopic (exact) mass is 236 g/mol. The van der Waals surface area contributed by atoms with Gasteiger partial charge in [-0.2, -0.15) is 0 Å². The number of carbonyl (C=O) groups excluding carboxylic acids is 1. The summed E-state index contributed by atoms with van der Waals surface area (Å²) < 4.78 is 11.4. The maximum Gasteiger partial charge on any atom is 0.331 e. The van der Waals surface area contributed by atoms with Crippen molar-refractivity contribution in [1.82, 2.24) is 0 Å². The number of hydrogen-bond donors (Lipinski definition) is 0. The summed E-state index contributed by atoms with van der Waals surface area (Å²) in [7, 11) is 0. The summed E-state index contributed by atoms with van der Waals surface area (Å²) in [5, 5.41) is 0. The molecule has 2 atom stereocenters. The molecule has 2 aliphatic heterocycles. The number of ether oxygens (including phenoxy) is 2. The Bertz CT molecular complexity index is 404. The van der Waals surface area contributed by atoms with Crippen LogP contribution >= 0.6 is 0 Å². The molecular weight excluding hydrogens is 216 g/mol. The van der Waals surface area contributed by atoms with Gasteiger partial charge in [0.25, 0.3) is 0 Å². The van der Waals surface area contributed by atoms with Crippen LogP contribution in [-0.4, -0.2) is 23.8 Å². The maximum absolute atomic E-state index is 11.9. The fourth-order valence-electron chi connectivity index (χ4n) is 3.22. The highest BCUT2D eigenvalue weighted by Crippen LogP contribution is 2.53. The van der Waals surface area contributed by atoms with Crippen LogP contribution in [0.5, 0.6) is 0 Å². The molecule has 3 heteroatoms. The second-order valence-electron chi connectivity index (χ2n) is 6.49. The molecule has 1 saturated heterocycles. The van der Waals surface area contributed by atoms with E-state index in [0.717, 1.165) is 32.3 Å². The third-order valence-corrected chi connectivity index (χ3v) is 4.97. The van der Waals surface area contributed by atoms with E-state index in [1.54, 1.807) is 6.08 Å². The molecule has 0 N–H and O–H groups in total. The standard InChI is InChI=1S/C14H20O3/c1-12(2)6-7-14(9-16-14)13(3)5-4-10(12)8-11(15)17-13/h8H,4-7,9H2,1-3H3. The second kappa shape index (κ2) is 3.14. The predicted molar refractivity (Wildman–Crippen MR) is 63.5 cm³/mol. The Hall–Kier alpha value is -0.830. The smallest absolute Gasteiger partial charge is 0.331 e. The molecule has 0 amide bonds. The predicted octanol–water partition coefficient (Wildman–Crippen LogP) is 2.60. The first-order chi connectivity index (χ1) is 7.87. The topological polar surface area (TPSA) is 38.8 Å².